The van der Waals surface area contributed by atoms with Crippen LogP contribution in [-0.4, -0.2) is 19.3 Å². The molecule has 0 radical (unpaired) electrons. The molecule has 1 N–H and O–H groups in total. The van der Waals surface area contributed by atoms with Crippen LogP contribution in [0.15, 0.2) is 24.3 Å². The van der Waals surface area contributed by atoms with Gasteiger partial charge in [0.1, 0.15) is 0 Å². The Hall–Kier alpha value is -1.00. The second-order valence-electron chi connectivity index (χ2n) is 4.89. The highest BCUT2D eigenvalue weighted by Crippen LogP contribution is 2.34. The standard InChI is InChI=1S/C14H19F2NO/c1-18-14(6-3-7-14)10-17-9-11-4-2-5-12(8-11)13(15)16/h2,4-5,8,13,17H,3,6-7,9-10H2,1H3. The summed E-state index contributed by atoms with van der Waals surface area (Å²) in [5.74, 6) is 0. The number of halogens is 2. The van der Waals surface area contributed by atoms with Crippen molar-refractivity contribution in [3.8, 4) is 0 Å². The number of hydrogen-bond acceptors (Lipinski definition) is 2. The fourth-order valence-corrected chi connectivity index (χ4v) is 2.30. The Morgan fingerprint density at radius 2 is 2.17 bits per heavy atom. The molecule has 0 unspecified atom stereocenters. The summed E-state index contributed by atoms with van der Waals surface area (Å²) in [5.41, 5.74) is 0.943. The Balaban J connectivity index is 1.84. The molecule has 2 rings (SSSR count). The third kappa shape index (κ3) is 3.06. The van der Waals surface area contributed by atoms with Crippen molar-refractivity contribution < 1.29 is 13.5 Å². The van der Waals surface area contributed by atoms with Gasteiger partial charge in [0.15, 0.2) is 0 Å². The molecule has 0 aromatic heterocycles. The summed E-state index contributed by atoms with van der Waals surface area (Å²) in [7, 11) is 1.73. The zero-order chi connectivity index (χ0) is 13.0. The van der Waals surface area contributed by atoms with Gasteiger partial charge in [-0.25, -0.2) is 8.78 Å². The van der Waals surface area contributed by atoms with E-state index in [0.29, 0.717) is 6.54 Å². The molecule has 0 aliphatic heterocycles. The van der Waals surface area contributed by atoms with Gasteiger partial charge in [0.05, 0.1) is 5.60 Å². The van der Waals surface area contributed by atoms with Crippen LogP contribution in [-0.2, 0) is 11.3 Å². The lowest BCUT2D eigenvalue weighted by Crippen LogP contribution is -2.47. The summed E-state index contributed by atoms with van der Waals surface area (Å²) in [5, 5.41) is 3.29. The van der Waals surface area contributed by atoms with E-state index in [1.165, 1.54) is 12.5 Å². The van der Waals surface area contributed by atoms with Gasteiger partial charge in [0, 0.05) is 25.8 Å². The maximum absolute atomic E-state index is 12.5. The molecule has 0 bridgehead atoms. The number of rotatable bonds is 6. The normalized spacial score (nSPS) is 17.8. The van der Waals surface area contributed by atoms with Crippen LogP contribution in [0.25, 0.3) is 0 Å². The second-order valence-corrected chi connectivity index (χ2v) is 4.89. The van der Waals surface area contributed by atoms with Crippen LogP contribution in [0.4, 0.5) is 8.78 Å². The minimum absolute atomic E-state index is 0.0275. The van der Waals surface area contributed by atoms with Gasteiger partial charge < -0.3 is 10.1 Å². The van der Waals surface area contributed by atoms with Gasteiger partial charge in [-0.3, -0.25) is 0 Å². The lowest BCUT2D eigenvalue weighted by molar-refractivity contribution is -0.0695. The van der Waals surface area contributed by atoms with Crippen LogP contribution >= 0.6 is 0 Å². The molecule has 2 nitrogen and oxygen atoms in total. The molecule has 1 aliphatic rings. The van der Waals surface area contributed by atoms with Crippen LogP contribution in [0.1, 0.15) is 36.8 Å². The highest BCUT2D eigenvalue weighted by Gasteiger charge is 2.36. The highest BCUT2D eigenvalue weighted by atomic mass is 19.3. The quantitative estimate of drug-likeness (QED) is 0.842. The number of nitrogens with one attached hydrogen (secondary N) is 1. The molecule has 1 saturated carbocycles. The molecule has 18 heavy (non-hydrogen) atoms. The largest absolute Gasteiger partial charge is 0.377 e. The molecule has 4 heteroatoms. The Bertz CT molecular complexity index is 386. The monoisotopic (exact) mass is 255 g/mol. The number of methoxy groups -OCH3 is 1. The first-order valence-corrected chi connectivity index (χ1v) is 6.28. The predicted molar refractivity (Wildman–Crippen MR) is 66.7 cm³/mol. The highest BCUT2D eigenvalue weighted by molar-refractivity contribution is 5.24. The van der Waals surface area contributed by atoms with E-state index in [4.69, 9.17) is 4.74 Å². The van der Waals surface area contributed by atoms with Crippen molar-refractivity contribution in [2.75, 3.05) is 13.7 Å². The molecular formula is C14H19F2NO. The number of ether oxygens (including phenoxy) is 1. The fraction of sp³-hybridized carbons (Fsp3) is 0.571. The summed E-state index contributed by atoms with van der Waals surface area (Å²) in [6.45, 7) is 1.38. The molecular weight excluding hydrogens is 236 g/mol. The zero-order valence-electron chi connectivity index (χ0n) is 10.6. The Morgan fingerprint density at radius 1 is 1.39 bits per heavy atom. The van der Waals surface area contributed by atoms with E-state index in [2.05, 4.69) is 5.32 Å². The van der Waals surface area contributed by atoms with Crippen molar-refractivity contribution in [3.05, 3.63) is 35.4 Å². The third-order valence-corrected chi connectivity index (χ3v) is 3.68. The summed E-state index contributed by atoms with van der Waals surface area (Å²) in [6.07, 6.45) is 0.958. The van der Waals surface area contributed by atoms with Crippen LogP contribution in [0.5, 0.6) is 0 Å². The summed E-state index contributed by atoms with van der Waals surface area (Å²) in [4.78, 5) is 0. The number of hydrogen-bond donors (Lipinski definition) is 1. The summed E-state index contributed by atoms with van der Waals surface area (Å²) < 4.78 is 30.6. The Labute approximate surface area is 106 Å². The van der Waals surface area contributed by atoms with Crippen LogP contribution in [0.3, 0.4) is 0 Å². The van der Waals surface area contributed by atoms with Crippen molar-refractivity contribution in [3.63, 3.8) is 0 Å². The van der Waals surface area contributed by atoms with Crippen LogP contribution < -0.4 is 5.32 Å². The van der Waals surface area contributed by atoms with Gasteiger partial charge in [-0.2, -0.15) is 0 Å². The molecule has 1 aromatic carbocycles. The van der Waals surface area contributed by atoms with Crippen LogP contribution in [0.2, 0.25) is 0 Å². The molecule has 0 amide bonds. The Kier molecular flexibility index (Phi) is 4.30. The molecule has 1 fully saturated rings. The lowest BCUT2D eigenvalue weighted by Gasteiger charge is -2.40. The van der Waals surface area contributed by atoms with Crippen molar-refractivity contribution in [1.29, 1.82) is 0 Å². The minimum atomic E-state index is -2.40. The van der Waals surface area contributed by atoms with E-state index in [1.54, 1.807) is 19.2 Å². The van der Waals surface area contributed by atoms with E-state index in [1.807, 2.05) is 6.07 Å². The van der Waals surface area contributed by atoms with Gasteiger partial charge >= 0.3 is 0 Å². The molecule has 0 spiro atoms. The van der Waals surface area contributed by atoms with Crippen molar-refractivity contribution in [1.82, 2.24) is 5.32 Å². The maximum atomic E-state index is 12.5. The number of benzene rings is 1. The topological polar surface area (TPSA) is 21.3 Å². The molecule has 1 aromatic rings. The summed E-state index contributed by atoms with van der Waals surface area (Å²) >= 11 is 0. The van der Waals surface area contributed by atoms with E-state index in [0.717, 1.165) is 24.9 Å². The van der Waals surface area contributed by atoms with Gasteiger partial charge in [0.2, 0.25) is 0 Å². The summed E-state index contributed by atoms with van der Waals surface area (Å²) in [6, 6.07) is 6.54. The minimum Gasteiger partial charge on any atom is -0.377 e. The molecule has 0 heterocycles. The van der Waals surface area contributed by atoms with Gasteiger partial charge in [-0.15, -0.1) is 0 Å². The van der Waals surface area contributed by atoms with Crippen molar-refractivity contribution in [2.45, 2.75) is 37.8 Å². The average Bonchev–Trinajstić information content (AvgIpc) is 2.33. The fourth-order valence-electron chi connectivity index (χ4n) is 2.30. The molecule has 1 aliphatic carbocycles. The second kappa shape index (κ2) is 5.76. The third-order valence-electron chi connectivity index (χ3n) is 3.68. The predicted octanol–water partition coefficient (Wildman–Crippen LogP) is 3.28. The van der Waals surface area contributed by atoms with Gasteiger partial charge in [-0.1, -0.05) is 18.2 Å². The number of alkyl halides is 2. The van der Waals surface area contributed by atoms with Gasteiger partial charge in [-0.05, 0) is 30.9 Å². The molecule has 0 saturated heterocycles. The smallest absolute Gasteiger partial charge is 0.263 e. The van der Waals surface area contributed by atoms with Crippen molar-refractivity contribution >= 4 is 0 Å². The first-order valence-electron chi connectivity index (χ1n) is 6.28. The van der Waals surface area contributed by atoms with Gasteiger partial charge in [0.25, 0.3) is 6.43 Å². The van der Waals surface area contributed by atoms with E-state index in [-0.39, 0.29) is 11.2 Å². The lowest BCUT2D eigenvalue weighted by atomic mass is 9.80. The van der Waals surface area contributed by atoms with Crippen LogP contribution in [0, 0.1) is 0 Å². The first kappa shape index (κ1) is 13.4. The van der Waals surface area contributed by atoms with Crippen molar-refractivity contribution in [2.24, 2.45) is 0 Å². The maximum Gasteiger partial charge on any atom is 0.263 e. The van der Waals surface area contributed by atoms with E-state index in [9.17, 15) is 8.78 Å². The van der Waals surface area contributed by atoms with E-state index >= 15 is 0 Å². The molecule has 0 atom stereocenters. The SMILES string of the molecule is COC1(CNCc2cccc(C(F)F)c2)CCC1. The zero-order valence-corrected chi connectivity index (χ0v) is 10.6. The molecule has 100 valence electrons. The average molecular weight is 255 g/mol. The Morgan fingerprint density at radius 3 is 2.72 bits per heavy atom. The van der Waals surface area contributed by atoms with E-state index < -0.39 is 6.43 Å². The first-order chi connectivity index (χ1) is 8.65.